The molecule has 0 bridgehead atoms. The fourth-order valence-electron chi connectivity index (χ4n) is 1.92. The van der Waals surface area contributed by atoms with Crippen LogP contribution in [0.5, 0.6) is 0 Å². The zero-order valence-corrected chi connectivity index (χ0v) is 10.1. The lowest BCUT2D eigenvalue weighted by atomic mass is 9.95. The Kier molecular flexibility index (Phi) is 3.46. The molecule has 18 heavy (non-hydrogen) atoms. The average Bonchev–Trinajstić information content (AvgIpc) is 2.37. The molecule has 0 spiro atoms. The number of allylic oxidation sites excluding steroid dienone is 1. The molecule has 0 aromatic heterocycles. The molecule has 0 heterocycles. The number of rotatable bonds is 3. The minimum absolute atomic E-state index is 0.345. The number of carbonyl (C=O) groups is 2. The summed E-state index contributed by atoms with van der Waals surface area (Å²) in [4.78, 5) is 22.5. The zero-order chi connectivity index (χ0) is 13.1. The molecular formula is C14H15NO3. The summed E-state index contributed by atoms with van der Waals surface area (Å²) in [5.74, 6) is -1.38. The van der Waals surface area contributed by atoms with Crippen LogP contribution in [0.2, 0.25) is 0 Å². The summed E-state index contributed by atoms with van der Waals surface area (Å²) in [5.41, 5.74) is 2.77. The maximum atomic E-state index is 11.9. The largest absolute Gasteiger partial charge is 0.480 e. The number of aryl methyl sites for hydroxylation is 1. The fraction of sp³-hybridized carbons (Fsp3) is 0.286. The van der Waals surface area contributed by atoms with Gasteiger partial charge in [0.25, 0.3) is 5.91 Å². The van der Waals surface area contributed by atoms with Gasteiger partial charge >= 0.3 is 5.97 Å². The number of benzene rings is 1. The number of fused-ring (bicyclic) bond motifs is 1. The summed E-state index contributed by atoms with van der Waals surface area (Å²) in [7, 11) is 0. The Morgan fingerprint density at radius 2 is 2.17 bits per heavy atom. The molecule has 1 aromatic rings. The van der Waals surface area contributed by atoms with Crippen LogP contribution in [0, 0.1) is 0 Å². The lowest BCUT2D eigenvalue weighted by Crippen LogP contribution is -2.38. The van der Waals surface area contributed by atoms with Crippen LogP contribution in [0.15, 0.2) is 24.3 Å². The first kappa shape index (κ1) is 12.4. The second-order valence-electron chi connectivity index (χ2n) is 4.39. The van der Waals surface area contributed by atoms with Gasteiger partial charge in [-0.15, -0.1) is 0 Å². The first-order valence-corrected chi connectivity index (χ1v) is 5.91. The molecule has 0 saturated carbocycles. The molecule has 1 aliphatic rings. The quantitative estimate of drug-likeness (QED) is 0.854. The van der Waals surface area contributed by atoms with Crippen LogP contribution < -0.4 is 5.32 Å². The van der Waals surface area contributed by atoms with Crippen LogP contribution in [0.25, 0.3) is 6.08 Å². The summed E-state index contributed by atoms with van der Waals surface area (Å²) in [6.07, 6.45) is 6.04. The Hall–Kier alpha value is -2.10. The first-order valence-electron chi connectivity index (χ1n) is 5.91. The number of carboxylic acids is 1. The van der Waals surface area contributed by atoms with E-state index in [0.717, 1.165) is 24.0 Å². The van der Waals surface area contributed by atoms with Crippen molar-refractivity contribution in [2.45, 2.75) is 25.8 Å². The predicted molar refractivity (Wildman–Crippen MR) is 68.4 cm³/mol. The highest BCUT2D eigenvalue weighted by Gasteiger charge is 2.16. The van der Waals surface area contributed by atoms with Gasteiger partial charge in [0.05, 0.1) is 0 Å². The van der Waals surface area contributed by atoms with Gasteiger partial charge in [0, 0.05) is 5.56 Å². The Bertz CT molecular complexity index is 520. The molecular weight excluding hydrogens is 230 g/mol. The Balaban J connectivity index is 2.16. The fourth-order valence-corrected chi connectivity index (χ4v) is 1.92. The van der Waals surface area contributed by atoms with Gasteiger partial charge in [-0.3, -0.25) is 9.59 Å². The van der Waals surface area contributed by atoms with E-state index in [4.69, 9.17) is 5.11 Å². The number of aliphatic carboxylic acids is 1. The van der Waals surface area contributed by atoms with Gasteiger partial charge in [0.2, 0.25) is 0 Å². The number of amides is 1. The minimum Gasteiger partial charge on any atom is -0.480 e. The number of nitrogens with one attached hydrogen (secondary N) is 1. The van der Waals surface area contributed by atoms with Gasteiger partial charge in [-0.25, -0.2) is 0 Å². The van der Waals surface area contributed by atoms with Crippen molar-refractivity contribution in [1.82, 2.24) is 5.32 Å². The predicted octanol–water partition coefficient (Wildman–Crippen LogP) is 1.85. The summed E-state index contributed by atoms with van der Waals surface area (Å²) in [6, 6.07) is 4.57. The van der Waals surface area contributed by atoms with Crippen LogP contribution in [0.4, 0.5) is 0 Å². The molecule has 4 nitrogen and oxygen atoms in total. The Morgan fingerprint density at radius 1 is 1.39 bits per heavy atom. The van der Waals surface area contributed by atoms with Crippen molar-refractivity contribution in [2.24, 2.45) is 0 Å². The summed E-state index contributed by atoms with van der Waals surface area (Å²) in [5, 5.41) is 11.2. The van der Waals surface area contributed by atoms with E-state index >= 15 is 0 Å². The van der Waals surface area contributed by atoms with Crippen LogP contribution in [-0.4, -0.2) is 23.0 Å². The maximum Gasteiger partial charge on any atom is 0.325 e. The molecule has 0 radical (unpaired) electrons. The average molecular weight is 245 g/mol. The number of carbonyl (C=O) groups excluding carboxylic acids is 1. The molecule has 1 amide bonds. The third-order valence-electron chi connectivity index (χ3n) is 3.00. The highest BCUT2D eigenvalue weighted by atomic mass is 16.4. The number of hydrogen-bond acceptors (Lipinski definition) is 2. The first-order chi connectivity index (χ1) is 8.58. The van der Waals surface area contributed by atoms with Crippen LogP contribution in [-0.2, 0) is 11.2 Å². The highest BCUT2D eigenvalue weighted by molar-refractivity contribution is 5.96. The lowest BCUT2D eigenvalue weighted by Gasteiger charge is -2.13. The summed E-state index contributed by atoms with van der Waals surface area (Å²) >= 11 is 0. The van der Waals surface area contributed by atoms with Crippen molar-refractivity contribution < 1.29 is 14.7 Å². The minimum atomic E-state index is -1.04. The smallest absolute Gasteiger partial charge is 0.325 e. The molecule has 2 N–H and O–H groups in total. The second-order valence-corrected chi connectivity index (χ2v) is 4.39. The van der Waals surface area contributed by atoms with Crippen molar-refractivity contribution in [3.05, 3.63) is 41.0 Å². The van der Waals surface area contributed by atoms with Gasteiger partial charge in [0.15, 0.2) is 0 Å². The number of carboxylic acid groups (broad SMARTS) is 1. The van der Waals surface area contributed by atoms with E-state index in [1.54, 1.807) is 6.07 Å². The zero-order valence-electron chi connectivity index (χ0n) is 10.1. The molecule has 1 aromatic carbocycles. The van der Waals surface area contributed by atoms with E-state index in [-0.39, 0.29) is 5.91 Å². The Labute approximate surface area is 105 Å². The van der Waals surface area contributed by atoms with Gasteiger partial charge in [-0.1, -0.05) is 18.2 Å². The second kappa shape index (κ2) is 5.04. The molecule has 0 saturated heterocycles. The Morgan fingerprint density at radius 3 is 2.89 bits per heavy atom. The molecule has 2 rings (SSSR count). The molecule has 0 unspecified atom stereocenters. The maximum absolute atomic E-state index is 11.9. The molecule has 1 aliphatic carbocycles. The van der Waals surface area contributed by atoms with Crippen molar-refractivity contribution >= 4 is 18.0 Å². The van der Waals surface area contributed by atoms with Crippen LogP contribution >= 0.6 is 0 Å². The van der Waals surface area contributed by atoms with E-state index in [2.05, 4.69) is 11.4 Å². The van der Waals surface area contributed by atoms with E-state index in [0.29, 0.717) is 5.56 Å². The van der Waals surface area contributed by atoms with Crippen molar-refractivity contribution in [3.63, 3.8) is 0 Å². The van der Waals surface area contributed by atoms with Gasteiger partial charge in [0.1, 0.15) is 6.04 Å². The standard InChI is InChI=1S/C14H15NO3/c1-9(14(17)18)15-13(16)12-7-6-10-4-2-3-5-11(10)8-12/h2,4,6-9H,3,5H2,1H3,(H,15,16)(H,17,18)/t9-/m1/s1. The van der Waals surface area contributed by atoms with E-state index < -0.39 is 12.0 Å². The van der Waals surface area contributed by atoms with Crippen molar-refractivity contribution in [2.75, 3.05) is 0 Å². The molecule has 94 valence electrons. The number of hydrogen-bond donors (Lipinski definition) is 2. The molecule has 1 atom stereocenters. The van der Waals surface area contributed by atoms with E-state index in [9.17, 15) is 9.59 Å². The summed E-state index contributed by atoms with van der Waals surface area (Å²) in [6.45, 7) is 1.45. The molecule has 0 fully saturated rings. The van der Waals surface area contributed by atoms with Gasteiger partial charge in [-0.2, -0.15) is 0 Å². The van der Waals surface area contributed by atoms with Crippen molar-refractivity contribution in [1.29, 1.82) is 0 Å². The van der Waals surface area contributed by atoms with Gasteiger partial charge < -0.3 is 10.4 Å². The van der Waals surface area contributed by atoms with E-state index in [1.807, 2.05) is 18.2 Å². The summed E-state index contributed by atoms with van der Waals surface area (Å²) < 4.78 is 0. The molecule has 0 aliphatic heterocycles. The van der Waals surface area contributed by atoms with Crippen LogP contribution in [0.3, 0.4) is 0 Å². The normalized spacial score (nSPS) is 14.7. The van der Waals surface area contributed by atoms with Crippen molar-refractivity contribution in [3.8, 4) is 0 Å². The monoisotopic (exact) mass is 245 g/mol. The SMILES string of the molecule is C[C@@H](NC(=O)c1ccc2c(c1)CCC=C2)C(=O)O. The molecule has 4 heteroatoms. The van der Waals surface area contributed by atoms with E-state index in [1.165, 1.54) is 6.92 Å². The lowest BCUT2D eigenvalue weighted by molar-refractivity contribution is -0.138. The third kappa shape index (κ3) is 2.59. The van der Waals surface area contributed by atoms with Crippen LogP contribution in [0.1, 0.15) is 34.8 Å². The highest BCUT2D eigenvalue weighted by Crippen LogP contribution is 2.20. The van der Waals surface area contributed by atoms with Gasteiger partial charge in [-0.05, 0) is 43.0 Å². The topological polar surface area (TPSA) is 66.4 Å². The third-order valence-corrected chi connectivity index (χ3v) is 3.00.